The number of benzene rings is 1. The molecule has 1 aromatic rings. The molecule has 114 valence electrons. The maximum atomic E-state index is 12.3. The summed E-state index contributed by atoms with van der Waals surface area (Å²) < 4.78 is 0. The van der Waals surface area contributed by atoms with Crippen LogP contribution in [0.3, 0.4) is 0 Å². The Hall–Kier alpha value is -1.75. The molecular weight excluding hydrogens is 292 g/mol. The van der Waals surface area contributed by atoms with Crippen LogP contribution < -0.4 is 5.32 Å². The van der Waals surface area contributed by atoms with Crippen molar-refractivity contribution >= 4 is 23.6 Å². The molecule has 1 heterocycles. The van der Waals surface area contributed by atoms with Gasteiger partial charge in [0, 0.05) is 11.6 Å². The predicted molar refractivity (Wildman–Crippen MR) is 80.4 cm³/mol. The van der Waals surface area contributed by atoms with E-state index < -0.39 is 12.0 Å². The summed E-state index contributed by atoms with van der Waals surface area (Å²) >= 11 is 6.11. The SMILES string of the molecule is CC(NC(=O)N1CCCCC1C(=O)O)c1ccccc1Cl. The summed E-state index contributed by atoms with van der Waals surface area (Å²) in [5.74, 6) is -0.949. The number of carboxylic acids is 1. The Bertz CT molecular complexity index is 535. The van der Waals surface area contributed by atoms with Gasteiger partial charge < -0.3 is 15.3 Å². The molecular formula is C15H19ClN2O3. The Balaban J connectivity index is 2.06. The summed E-state index contributed by atoms with van der Waals surface area (Å²) in [6.07, 6.45) is 2.17. The van der Waals surface area contributed by atoms with Crippen LogP contribution in [-0.4, -0.2) is 34.6 Å². The van der Waals surface area contributed by atoms with E-state index in [2.05, 4.69) is 5.32 Å². The molecule has 0 aromatic heterocycles. The highest BCUT2D eigenvalue weighted by Crippen LogP contribution is 2.23. The van der Waals surface area contributed by atoms with Crippen LogP contribution in [0.15, 0.2) is 24.3 Å². The third kappa shape index (κ3) is 3.67. The van der Waals surface area contributed by atoms with Crippen LogP contribution >= 0.6 is 11.6 Å². The highest BCUT2D eigenvalue weighted by atomic mass is 35.5. The summed E-state index contributed by atoms with van der Waals surface area (Å²) in [6, 6.07) is 5.92. The number of carbonyl (C=O) groups excluding carboxylic acids is 1. The van der Waals surface area contributed by atoms with Crippen molar-refractivity contribution in [1.82, 2.24) is 10.2 Å². The molecule has 1 aliphatic rings. The van der Waals surface area contributed by atoms with E-state index in [1.54, 1.807) is 6.07 Å². The Morgan fingerprint density at radius 1 is 1.38 bits per heavy atom. The average molecular weight is 311 g/mol. The van der Waals surface area contributed by atoms with Gasteiger partial charge in [-0.1, -0.05) is 29.8 Å². The summed E-state index contributed by atoms with van der Waals surface area (Å²) in [4.78, 5) is 25.0. The number of hydrogen-bond donors (Lipinski definition) is 2. The fourth-order valence-corrected chi connectivity index (χ4v) is 2.90. The van der Waals surface area contributed by atoms with Gasteiger partial charge in [0.25, 0.3) is 0 Å². The van der Waals surface area contributed by atoms with E-state index in [0.717, 1.165) is 18.4 Å². The molecule has 0 spiro atoms. The standard InChI is InChI=1S/C15H19ClN2O3/c1-10(11-6-2-3-7-12(11)16)17-15(21)18-9-5-4-8-13(18)14(19)20/h2-3,6-7,10,13H,4-5,8-9H2,1H3,(H,17,21)(H,19,20). The first-order valence-electron chi connectivity index (χ1n) is 7.05. The van der Waals surface area contributed by atoms with Gasteiger partial charge in [0.1, 0.15) is 6.04 Å². The lowest BCUT2D eigenvalue weighted by atomic mass is 10.0. The number of nitrogens with zero attached hydrogens (tertiary/aromatic N) is 1. The van der Waals surface area contributed by atoms with Gasteiger partial charge in [0.2, 0.25) is 0 Å². The van der Waals surface area contributed by atoms with Crippen molar-refractivity contribution in [3.05, 3.63) is 34.9 Å². The number of rotatable bonds is 3. The molecule has 2 N–H and O–H groups in total. The van der Waals surface area contributed by atoms with Crippen LogP contribution in [-0.2, 0) is 4.79 Å². The number of aliphatic carboxylic acids is 1. The Kier molecular flexibility index (Phi) is 5.07. The molecule has 0 saturated carbocycles. The average Bonchev–Trinajstić information content (AvgIpc) is 2.47. The second-order valence-electron chi connectivity index (χ2n) is 5.24. The van der Waals surface area contributed by atoms with Gasteiger partial charge in [0.15, 0.2) is 0 Å². The van der Waals surface area contributed by atoms with Crippen molar-refractivity contribution in [2.24, 2.45) is 0 Å². The molecule has 0 bridgehead atoms. The lowest BCUT2D eigenvalue weighted by Crippen LogP contribution is -2.52. The van der Waals surface area contributed by atoms with Crippen LogP contribution in [0.4, 0.5) is 4.79 Å². The lowest BCUT2D eigenvalue weighted by molar-refractivity contribution is -0.143. The third-order valence-electron chi connectivity index (χ3n) is 3.76. The van der Waals surface area contributed by atoms with E-state index in [9.17, 15) is 14.7 Å². The number of carbonyl (C=O) groups is 2. The minimum atomic E-state index is -0.949. The summed E-state index contributed by atoms with van der Waals surface area (Å²) in [5.41, 5.74) is 0.816. The van der Waals surface area contributed by atoms with E-state index in [1.165, 1.54) is 4.90 Å². The minimum absolute atomic E-state index is 0.275. The van der Waals surface area contributed by atoms with Gasteiger partial charge in [0.05, 0.1) is 6.04 Å². The number of urea groups is 1. The molecule has 1 fully saturated rings. The molecule has 2 unspecified atom stereocenters. The van der Waals surface area contributed by atoms with Gasteiger partial charge in [-0.05, 0) is 37.8 Å². The molecule has 1 aliphatic heterocycles. The zero-order valence-electron chi connectivity index (χ0n) is 11.9. The summed E-state index contributed by atoms with van der Waals surface area (Å²) in [7, 11) is 0. The molecule has 1 aromatic carbocycles. The van der Waals surface area contributed by atoms with E-state index >= 15 is 0 Å². The summed E-state index contributed by atoms with van der Waals surface area (Å²) in [6.45, 7) is 2.30. The van der Waals surface area contributed by atoms with E-state index in [0.29, 0.717) is 18.0 Å². The van der Waals surface area contributed by atoms with Crippen LogP contribution in [0.25, 0.3) is 0 Å². The quantitative estimate of drug-likeness (QED) is 0.901. The van der Waals surface area contributed by atoms with Crippen LogP contribution in [0, 0.1) is 0 Å². The van der Waals surface area contributed by atoms with Gasteiger partial charge in [-0.25, -0.2) is 9.59 Å². The highest BCUT2D eigenvalue weighted by molar-refractivity contribution is 6.31. The molecule has 6 heteroatoms. The smallest absolute Gasteiger partial charge is 0.326 e. The number of amides is 2. The fraction of sp³-hybridized carbons (Fsp3) is 0.467. The lowest BCUT2D eigenvalue weighted by Gasteiger charge is -2.33. The second-order valence-corrected chi connectivity index (χ2v) is 5.64. The van der Waals surface area contributed by atoms with Crippen molar-refractivity contribution in [3.8, 4) is 0 Å². The molecule has 2 atom stereocenters. The van der Waals surface area contributed by atoms with Gasteiger partial charge in [-0.2, -0.15) is 0 Å². The molecule has 21 heavy (non-hydrogen) atoms. The molecule has 5 nitrogen and oxygen atoms in total. The van der Waals surface area contributed by atoms with Crippen molar-refractivity contribution in [3.63, 3.8) is 0 Å². The van der Waals surface area contributed by atoms with Crippen molar-refractivity contribution in [1.29, 1.82) is 0 Å². The van der Waals surface area contributed by atoms with Crippen molar-refractivity contribution < 1.29 is 14.7 Å². The van der Waals surface area contributed by atoms with E-state index in [1.807, 2.05) is 25.1 Å². The Morgan fingerprint density at radius 3 is 2.76 bits per heavy atom. The number of piperidine rings is 1. The number of carboxylic acid groups (broad SMARTS) is 1. The molecule has 2 rings (SSSR count). The first-order valence-corrected chi connectivity index (χ1v) is 7.43. The second kappa shape index (κ2) is 6.80. The maximum absolute atomic E-state index is 12.3. The zero-order chi connectivity index (χ0) is 15.4. The maximum Gasteiger partial charge on any atom is 0.326 e. The molecule has 1 saturated heterocycles. The molecule has 2 amide bonds. The summed E-state index contributed by atoms with van der Waals surface area (Å²) in [5, 5.41) is 12.6. The number of halogens is 1. The van der Waals surface area contributed by atoms with Gasteiger partial charge >= 0.3 is 12.0 Å². The molecule has 0 radical (unpaired) electrons. The zero-order valence-corrected chi connectivity index (χ0v) is 12.6. The number of hydrogen-bond acceptors (Lipinski definition) is 2. The largest absolute Gasteiger partial charge is 0.480 e. The number of nitrogens with one attached hydrogen (secondary N) is 1. The first kappa shape index (κ1) is 15.6. The van der Waals surface area contributed by atoms with Crippen LogP contribution in [0.1, 0.15) is 37.8 Å². The first-order chi connectivity index (χ1) is 10.0. The third-order valence-corrected chi connectivity index (χ3v) is 4.10. The monoisotopic (exact) mass is 310 g/mol. The Morgan fingerprint density at radius 2 is 2.10 bits per heavy atom. The normalized spacial score (nSPS) is 19.9. The van der Waals surface area contributed by atoms with Gasteiger partial charge in [-0.3, -0.25) is 0 Å². The van der Waals surface area contributed by atoms with Crippen molar-refractivity contribution in [2.75, 3.05) is 6.54 Å². The van der Waals surface area contributed by atoms with E-state index in [-0.39, 0.29) is 12.1 Å². The van der Waals surface area contributed by atoms with Gasteiger partial charge in [-0.15, -0.1) is 0 Å². The van der Waals surface area contributed by atoms with Crippen molar-refractivity contribution in [2.45, 2.75) is 38.3 Å². The fourth-order valence-electron chi connectivity index (χ4n) is 2.60. The Labute approximate surface area is 128 Å². The predicted octanol–water partition coefficient (Wildman–Crippen LogP) is 3.05. The molecule has 0 aliphatic carbocycles. The van der Waals surface area contributed by atoms with Crippen LogP contribution in [0.5, 0.6) is 0 Å². The topological polar surface area (TPSA) is 69.6 Å². The number of likely N-dealkylation sites (tertiary alicyclic amines) is 1. The van der Waals surface area contributed by atoms with E-state index in [4.69, 9.17) is 11.6 Å². The minimum Gasteiger partial charge on any atom is -0.480 e. The van der Waals surface area contributed by atoms with Crippen LogP contribution in [0.2, 0.25) is 5.02 Å². The highest BCUT2D eigenvalue weighted by Gasteiger charge is 2.32.